The second-order valence-electron chi connectivity index (χ2n) is 3.11. The van der Waals surface area contributed by atoms with Gasteiger partial charge in [-0.05, 0) is 26.4 Å². The summed E-state index contributed by atoms with van der Waals surface area (Å²) in [6.45, 7) is 3.08. The number of aromatic nitrogens is 2. The van der Waals surface area contributed by atoms with Gasteiger partial charge in [0.2, 0.25) is 0 Å². The van der Waals surface area contributed by atoms with E-state index in [1.807, 2.05) is 7.05 Å². The molecule has 0 aliphatic heterocycles. The largest absolute Gasteiger partial charge is 0.487 e. The van der Waals surface area contributed by atoms with E-state index in [0.717, 1.165) is 25.1 Å². The van der Waals surface area contributed by atoms with Gasteiger partial charge in [-0.25, -0.2) is 9.97 Å². The minimum atomic E-state index is 0.244. The zero-order valence-electron chi connectivity index (χ0n) is 8.73. The van der Waals surface area contributed by atoms with Crippen molar-refractivity contribution in [2.24, 2.45) is 0 Å². The molecular weight excluding hydrogens is 178 g/mol. The summed E-state index contributed by atoms with van der Waals surface area (Å²) in [7, 11) is 1.94. The Labute approximate surface area is 84.7 Å². The lowest BCUT2D eigenvalue weighted by Crippen LogP contribution is -2.21. The lowest BCUT2D eigenvalue weighted by Gasteiger charge is -2.16. The van der Waals surface area contributed by atoms with Crippen LogP contribution in [0.5, 0.6) is 5.75 Å². The van der Waals surface area contributed by atoms with E-state index in [0.29, 0.717) is 0 Å². The van der Waals surface area contributed by atoms with Crippen molar-refractivity contribution in [2.45, 2.75) is 25.9 Å². The summed E-state index contributed by atoms with van der Waals surface area (Å²) >= 11 is 0. The summed E-state index contributed by atoms with van der Waals surface area (Å²) < 4.78 is 5.70. The van der Waals surface area contributed by atoms with Crippen molar-refractivity contribution in [1.82, 2.24) is 15.3 Å². The third-order valence-electron chi connectivity index (χ3n) is 2.01. The molecule has 0 aromatic carbocycles. The highest BCUT2D eigenvalue weighted by Gasteiger charge is 2.07. The van der Waals surface area contributed by atoms with E-state index in [4.69, 9.17) is 4.74 Å². The summed E-state index contributed by atoms with van der Waals surface area (Å²) in [4.78, 5) is 7.80. The van der Waals surface area contributed by atoms with Crippen molar-refractivity contribution in [3.05, 3.63) is 18.7 Å². The molecule has 0 radical (unpaired) electrons. The molecule has 0 fully saturated rings. The molecule has 1 rings (SSSR count). The molecular formula is C10H17N3O. The summed E-state index contributed by atoms with van der Waals surface area (Å²) in [6, 6.07) is 0. The average molecular weight is 195 g/mol. The number of nitrogens with one attached hydrogen (secondary N) is 1. The van der Waals surface area contributed by atoms with Gasteiger partial charge >= 0.3 is 0 Å². The van der Waals surface area contributed by atoms with Gasteiger partial charge < -0.3 is 10.1 Å². The zero-order chi connectivity index (χ0) is 10.2. The lowest BCUT2D eigenvalue weighted by molar-refractivity contribution is 0.185. The van der Waals surface area contributed by atoms with Crippen molar-refractivity contribution in [1.29, 1.82) is 0 Å². The number of hydrogen-bond acceptors (Lipinski definition) is 4. The van der Waals surface area contributed by atoms with Crippen LogP contribution in [-0.2, 0) is 0 Å². The standard InChI is InChI=1S/C10H17N3O/c1-3-9(4-5-11-2)14-10-6-12-8-13-7-10/h6-9,11H,3-5H2,1-2H3. The average Bonchev–Trinajstić information content (AvgIpc) is 2.25. The summed E-state index contributed by atoms with van der Waals surface area (Å²) in [6.07, 6.45) is 7.12. The molecule has 1 N–H and O–H groups in total. The van der Waals surface area contributed by atoms with Crippen molar-refractivity contribution in [2.75, 3.05) is 13.6 Å². The fourth-order valence-electron chi connectivity index (χ4n) is 1.19. The maximum Gasteiger partial charge on any atom is 0.156 e. The smallest absolute Gasteiger partial charge is 0.156 e. The Balaban J connectivity index is 2.40. The van der Waals surface area contributed by atoms with Crippen LogP contribution in [0, 0.1) is 0 Å². The molecule has 1 heterocycles. The Bertz CT molecular complexity index is 240. The van der Waals surface area contributed by atoms with Crippen LogP contribution < -0.4 is 10.1 Å². The van der Waals surface area contributed by atoms with Gasteiger partial charge in [-0.15, -0.1) is 0 Å². The van der Waals surface area contributed by atoms with E-state index in [9.17, 15) is 0 Å². The van der Waals surface area contributed by atoms with E-state index in [1.54, 1.807) is 12.4 Å². The molecule has 0 aliphatic rings. The van der Waals surface area contributed by atoms with E-state index in [1.165, 1.54) is 6.33 Å². The number of ether oxygens (including phenoxy) is 1. The van der Waals surface area contributed by atoms with Crippen LogP contribution >= 0.6 is 0 Å². The predicted molar refractivity (Wildman–Crippen MR) is 55.3 cm³/mol. The zero-order valence-corrected chi connectivity index (χ0v) is 8.73. The highest BCUT2D eigenvalue weighted by atomic mass is 16.5. The Hall–Kier alpha value is -1.16. The molecule has 0 aliphatic carbocycles. The molecule has 4 nitrogen and oxygen atoms in total. The monoisotopic (exact) mass is 195 g/mol. The van der Waals surface area contributed by atoms with Crippen molar-refractivity contribution in [3.8, 4) is 5.75 Å². The first-order valence-electron chi connectivity index (χ1n) is 4.93. The van der Waals surface area contributed by atoms with Crippen LogP contribution in [0.25, 0.3) is 0 Å². The number of nitrogens with zero attached hydrogens (tertiary/aromatic N) is 2. The Morgan fingerprint density at radius 3 is 2.71 bits per heavy atom. The second kappa shape index (κ2) is 6.32. The normalized spacial score (nSPS) is 12.4. The van der Waals surface area contributed by atoms with Crippen molar-refractivity contribution >= 4 is 0 Å². The first kappa shape index (κ1) is 10.9. The molecule has 1 aromatic heterocycles. The molecule has 1 atom stereocenters. The fourth-order valence-corrected chi connectivity index (χ4v) is 1.19. The van der Waals surface area contributed by atoms with Crippen LogP contribution in [0.2, 0.25) is 0 Å². The minimum Gasteiger partial charge on any atom is -0.487 e. The number of hydrogen-bond donors (Lipinski definition) is 1. The van der Waals surface area contributed by atoms with Crippen LogP contribution in [0.4, 0.5) is 0 Å². The maximum atomic E-state index is 5.70. The van der Waals surface area contributed by atoms with E-state index < -0.39 is 0 Å². The first-order chi connectivity index (χ1) is 6.86. The molecule has 0 saturated heterocycles. The van der Waals surface area contributed by atoms with Gasteiger partial charge in [0.25, 0.3) is 0 Å². The SMILES string of the molecule is CCC(CCNC)Oc1cncnc1. The highest BCUT2D eigenvalue weighted by Crippen LogP contribution is 2.11. The molecule has 0 amide bonds. The second-order valence-corrected chi connectivity index (χ2v) is 3.11. The lowest BCUT2D eigenvalue weighted by atomic mass is 10.2. The van der Waals surface area contributed by atoms with Crippen LogP contribution in [-0.4, -0.2) is 29.7 Å². The van der Waals surface area contributed by atoms with Gasteiger partial charge in [-0.1, -0.05) is 6.92 Å². The molecule has 1 unspecified atom stereocenters. The van der Waals surface area contributed by atoms with Gasteiger partial charge in [0, 0.05) is 0 Å². The number of rotatable bonds is 6. The van der Waals surface area contributed by atoms with E-state index in [2.05, 4.69) is 22.2 Å². The van der Waals surface area contributed by atoms with Crippen LogP contribution in [0.15, 0.2) is 18.7 Å². The predicted octanol–water partition coefficient (Wildman–Crippen LogP) is 1.24. The van der Waals surface area contributed by atoms with Gasteiger partial charge in [-0.2, -0.15) is 0 Å². The van der Waals surface area contributed by atoms with Crippen molar-refractivity contribution in [3.63, 3.8) is 0 Å². The van der Waals surface area contributed by atoms with Gasteiger partial charge in [0.05, 0.1) is 18.5 Å². The summed E-state index contributed by atoms with van der Waals surface area (Å²) in [5.41, 5.74) is 0. The molecule has 4 heteroatoms. The maximum absolute atomic E-state index is 5.70. The Kier molecular flexibility index (Phi) is 4.93. The first-order valence-corrected chi connectivity index (χ1v) is 4.93. The summed E-state index contributed by atoms with van der Waals surface area (Å²) in [5.74, 6) is 0.746. The van der Waals surface area contributed by atoms with E-state index in [-0.39, 0.29) is 6.10 Å². The molecule has 1 aromatic rings. The van der Waals surface area contributed by atoms with E-state index >= 15 is 0 Å². The molecule has 14 heavy (non-hydrogen) atoms. The molecule has 0 saturated carbocycles. The molecule has 78 valence electrons. The molecule has 0 bridgehead atoms. The Morgan fingerprint density at radius 1 is 1.43 bits per heavy atom. The van der Waals surface area contributed by atoms with Crippen molar-refractivity contribution < 1.29 is 4.74 Å². The third kappa shape index (κ3) is 3.70. The summed E-state index contributed by atoms with van der Waals surface area (Å²) in [5, 5.41) is 3.11. The van der Waals surface area contributed by atoms with Crippen LogP contribution in [0.1, 0.15) is 19.8 Å². The Morgan fingerprint density at radius 2 is 2.14 bits per heavy atom. The quantitative estimate of drug-likeness (QED) is 0.742. The topological polar surface area (TPSA) is 47.0 Å². The molecule has 0 spiro atoms. The van der Waals surface area contributed by atoms with Crippen LogP contribution in [0.3, 0.4) is 0 Å². The third-order valence-corrected chi connectivity index (χ3v) is 2.01. The fraction of sp³-hybridized carbons (Fsp3) is 0.600. The van der Waals surface area contributed by atoms with Gasteiger partial charge in [-0.3, -0.25) is 0 Å². The highest BCUT2D eigenvalue weighted by molar-refractivity contribution is 5.10. The van der Waals surface area contributed by atoms with Gasteiger partial charge in [0.1, 0.15) is 6.33 Å². The minimum absolute atomic E-state index is 0.244. The van der Waals surface area contributed by atoms with Gasteiger partial charge in [0.15, 0.2) is 5.75 Å².